The van der Waals surface area contributed by atoms with E-state index in [9.17, 15) is 57.5 Å². The lowest BCUT2D eigenvalue weighted by atomic mass is 9.88. The number of pyridine rings is 2. The molecule has 0 aliphatic carbocycles. The van der Waals surface area contributed by atoms with Gasteiger partial charge in [0.1, 0.15) is 17.4 Å². The molecule has 15 heterocycles. The lowest BCUT2D eigenvalue weighted by Crippen LogP contribution is -2.57. The molecule has 17 rings (SSSR count). The van der Waals surface area contributed by atoms with Gasteiger partial charge in [-0.1, -0.05) is 92.3 Å². The van der Waals surface area contributed by atoms with Crippen LogP contribution in [0.4, 0.5) is 61.9 Å². The van der Waals surface area contributed by atoms with Gasteiger partial charge in [-0.15, -0.1) is 0 Å². The lowest BCUT2D eigenvalue weighted by molar-refractivity contribution is -0.120. The minimum Gasteiger partial charge on any atom is -0.382 e. The highest BCUT2D eigenvalue weighted by atomic mass is 35.5. The zero-order valence-electron chi connectivity index (χ0n) is 83.5. The van der Waals surface area contributed by atoms with Crippen LogP contribution in [0.25, 0.3) is 10.9 Å². The molecule has 27 N–H and O–H groups in total. The normalized spacial score (nSPS) is 16.3. The van der Waals surface area contributed by atoms with Crippen molar-refractivity contribution in [3.63, 3.8) is 0 Å². The highest BCUT2D eigenvalue weighted by molar-refractivity contribution is 6.33. The fourth-order valence-corrected chi connectivity index (χ4v) is 18.3. The molecule has 11 amide bonds. The average molecular weight is 2140 g/mol. The predicted octanol–water partition coefficient (Wildman–Crippen LogP) is 5.19. The third-order valence-corrected chi connectivity index (χ3v) is 26.8. The molecule has 0 atom stereocenters. The van der Waals surface area contributed by atoms with Crippen molar-refractivity contribution in [1.29, 1.82) is 0 Å². The number of ketones is 2. The molecule has 150 heavy (non-hydrogen) atoms. The molecule has 8 aliphatic rings. The molecule has 7 aromatic heterocycles. The van der Waals surface area contributed by atoms with E-state index in [2.05, 4.69) is 128 Å². The molecule has 0 bridgehead atoms. The van der Waals surface area contributed by atoms with Crippen LogP contribution < -0.4 is 104 Å². The Hall–Kier alpha value is -16.1. The highest BCUT2D eigenvalue weighted by Crippen LogP contribution is 2.35. The number of nitrogens with one attached hydrogen (secondary N) is 11. The van der Waals surface area contributed by atoms with E-state index >= 15 is 0 Å². The molecule has 792 valence electrons. The number of aliphatic imine (C=N–C) groups is 4. The van der Waals surface area contributed by atoms with E-state index in [4.69, 9.17) is 92.3 Å². The second-order valence-electron chi connectivity index (χ2n) is 38.9. The molecule has 0 saturated carbocycles. The number of nitrogens with zero attached hydrogens (tertiary/aromatic N) is 19. The number of halogens is 4. The summed E-state index contributed by atoms with van der Waals surface area (Å²) in [6, 6.07) is 20.4. The first-order valence-electron chi connectivity index (χ1n) is 48.3. The Bertz CT molecular complexity index is 6660. The number of aromatic nitrogens is 11. The van der Waals surface area contributed by atoms with Crippen LogP contribution in [0.2, 0.25) is 20.6 Å². The summed E-state index contributed by atoms with van der Waals surface area (Å²) in [6.45, 7) is 21.4. The van der Waals surface area contributed by atoms with Crippen LogP contribution in [-0.4, -0.2) is 282 Å². The number of carbonyl (C=O) groups excluding carboxylic acids is 12. The summed E-state index contributed by atoms with van der Waals surface area (Å²) in [5.74, 6) is -1.20. The van der Waals surface area contributed by atoms with Gasteiger partial charge in [0.25, 0.3) is 47.3 Å². The molecular weight excluding hydrogens is 2020 g/mol. The van der Waals surface area contributed by atoms with E-state index in [0.29, 0.717) is 212 Å². The molecule has 50 nitrogen and oxygen atoms in total. The summed E-state index contributed by atoms with van der Waals surface area (Å²) in [7, 11) is 0. The Balaban J connectivity index is 0.000000157. The second-order valence-corrected chi connectivity index (χ2v) is 40.3. The van der Waals surface area contributed by atoms with E-state index in [1.165, 1.54) is 17.0 Å². The Labute approximate surface area is 880 Å². The fourth-order valence-electron chi connectivity index (χ4n) is 17.8. The topological polar surface area (TPSA) is 742 Å². The quantitative estimate of drug-likeness (QED) is 0.0495. The molecule has 9 aromatic rings. The number of nitrogen functional groups attached to an aromatic ring is 8. The number of amides is 11. The van der Waals surface area contributed by atoms with Crippen molar-refractivity contribution >= 4 is 204 Å². The Morgan fingerprint density at radius 2 is 0.733 bits per heavy atom. The Kier molecular flexibility index (Phi) is 34.3. The molecule has 8 aliphatic heterocycles. The number of guanidine groups is 4. The summed E-state index contributed by atoms with van der Waals surface area (Å²) in [5.41, 5.74) is 47.5. The summed E-state index contributed by atoms with van der Waals surface area (Å²) in [5, 5.41) is 32.2. The van der Waals surface area contributed by atoms with Crippen molar-refractivity contribution in [1.82, 2.24) is 127 Å². The number of piperidine rings is 4. The highest BCUT2D eigenvalue weighted by Gasteiger charge is 2.46. The van der Waals surface area contributed by atoms with E-state index in [1.807, 2.05) is 78.5 Å². The Morgan fingerprint density at radius 3 is 1.09 bits per heavy atom. The van der Waals surface area contributed by atoms with E-state index in [1.54, 1.807) is 75.5 Å². The number of anilines is 9. The second kappa shape index (κ2) is 46.9. The van der Waals surface area contributed by atoms with Gasteiger partial charge in [-0.05, 0) is 151 Å². The number of fused-ring (bicyclic) bond motifs is 1. The van der Waals surface area contributed by atoms with Crippen molar-refractivity contribution in [2.75, 3.05) is 130 Å². The van der Waals surface area contributed by atoms with Gasteiger partial charge in [-0.2, -0.15) is 0 Å². The maximum atomic E-state index is 13.5. The summed E-state index contributed by atoms with van der Waals surface area (Å²) in [6.07, 6.45) is 11.5. The minimum absolute atomic E-state index is 0.00883. The van der Waals surface area contributed by atoms with E-state index in [0.717, 1.165) is 10.9 Å². The molecule has 0 radical (unpaired) electrons. The molecule has 0 unspecified atom stereocenters. The number of urea groups is 1. The first kappa shape index (κ1) is 110. The number of hydrogen-bond acceptors (Lipinski definition) is 38. The SMILES string of the molecule is CC(C)CC(=O)Cc1ccc(C(=O)N2CCC3(CC2)CN=C(NC(=O)c2nc(Cl)c(N)nc2N)N3)cc1.CC(C)CC(=O)Cc1ccc(C(=O)N2CCC3(CC2)CN=C(NC(=O)c2nc(Cl)c(N)nc2N)N3)cn1.CC(C)NC(=O)Nc1cc(C(=O)N2CCC3(CC2)CN=C(NC(=O)c2nc(Cl)c(N)nc2N)N3)ccn1.CC(C)NC(=O)n1ccc2c(C(=O)N3CCC4(CC3)CN=C(NC(=O)c3nc(Cl)c(N)nc3N)N4)cccc21. The first-order valence-corrected chi connectivity index (χ1v) is 49.8. The summed E-state index contributed by atoms with van der Waals surface area (Å²) in [4.78, 5) is 216. The first-order chi connectivity index (χ1) is 71.2. The van der Waals surface area contributed by atoms with Gasteiger partial charge in [0.05, 0.1) is 59.4 Å². The smallest absolute Gasteiger partial charge is 0.326 e. The van der Waals surface area contributed by atoms with Crippen molar-refractivity contribution in [3.05, 3.63) is 168 Å². The van der Waals surface area contributed by atoms with Gasteiger partial charge in [0, 0.05) is 136 Å². The molecule has 4 spiro atoms. The van der Waals surface area contributed by atoms with E-state index in [-0.39, 0.29) is 178 Å². The van der Waals surface area contributed by atoms with Crippen molar-refractivity contribution < 1.29 is 57.5 Å². The third-order valence-electron chi connectivity index (χ3n) is 25.7. The van der Waals surface area contributed by atoms with Crippen LogP contribution in [0.1, 0.15) is 214 Å². The minimum atomic E-state index is -0.619. The number of carbonyl (C=O) groups is 12. The maximum absolute atomic E-state index is 13.5. The number of hydrogen-bond donors (Lipinski definition) is 19. The van der Waals surface area contributed by atoms with Gasteiger partial charge in [0.15, 0.2) is 114 Å². The van der Waals surface area contributed by atoms with Gasteiger partial charge in [-0.3, -0.25) is 104 Å². The van der Waals surface area contributed by atoms with Gasteiger partial charge < -0.3 is 97.4 Å². The van der Waals surface area contributed by atoms with Crippen molar-refractivity contribution in [3.8, 4) is 0 Å². The average Bonchev–Trinajstić information content (AvgIpc) is 1.62. The summed E-state index contributed by atoms with van der Waals surface area (Å²) < 4.78 is 1.52. The fraction of sp³-hybridized carbons (Fsp3) is 0.417. The van der Waals surface area contributed by atoms with Crippen LogP contribution >= 0.6 is 46.4 Å². The number of likely N-dealkylation sites (tertiary alicyclic amines) is 4. The standard InChI is InChI=1S/C25H29ClN10O3.C25H31ClN8O3.C24H30ClN9O3.C22H28ClN11O3/c1-13(2)30-24(39)36-9-6-14-15(4-3-5-16(14)36)22(38)35-10-7-25(8-11-35)12-29-23(34-25)33-21(37)17-19(27)32-20(28)18(26)31-17;1-14(2)11-17(35)12-15-3-5-16(6-4-15)23(37)34-9-7-25(8-10-34)13-29-24(33-25)32-22(36)18-20(27)31-21(28)19(26)30-18;1-13(2)9-16(35)10-15-4-3-14(11-28-15)22(37)34-7-5-24(6-8-34)12-29-23(33-24)32-21(36)17-19(26)31-20(27)18(25)30-17;1-11(2)28-21(37)29-13-9-12(3-6-26-13)19(36)34-7-4-22(5-8-34)10-27-20(33-22)32-18(35)14-16(24)31-17(25)15(23)30-14/h3-6,9,13H,7-8,10-12H2,1-2H3,(H,30,39)(H4,27,28,32)(H2,29,33,34,37);3-6,14H,7-13H2,1-2H3,(H4,27,28,31)(H2,29,32,33,36);3-4,11,13H,5-10,12H2,1-2H3,(H4,26,27,31)(H2,29,32,33,36);3,6,9,11H,4-5,7-8,10H2,1-2H3,(H4,24,25,31)(H2,26,28,29,37)(H2,27,32,33,35). The van der Waals surface area contributed by atoms with Crippen LogP contribution in [0.3, 0.4) is 0 Å². The predicted molar refractivity (Wildman–Crippen MR) is 566 cm³/mol. The number of nitrogens with two attached hydrogens (primary N) is 8. The molecule has 4 fully saturated rings. The van der Waals surface area contributed by atoms with Crippen molar-refractivity contribution in [2.24, 2.45) is 31.8 Å². The number of Topliss-reactive ketones (excluding diaryl/α,β-unsaturated/α-hetero) is 2. The van der Waals surface area contributed by atoms with Crippen LogP contribution in [-0.2, 0) is 22.4 Å². The number of benzene rings is 2. The Morgan fingerprint density at radius 1 is 0.380 bits per heavy atom. The molecular formula is C96H118Cl4N38O12. The zero-order valence-corrected chi connectivity index (χ0v) is 86.5. The third kappa shape index (κ3) is 27.1. The van der Waals surface area contributed by atoms with Crippen LogP contribution in [0.15, 0.2) is 111 Å². The van der Waals surface area contributed by atoms with Gasteiger partial charge >= 0.3 is 12.1 Å². The van der Waals surface area contributed by atoms with Crippen LogP contribution in [0.5, 0.6) is 0 Å². The van der Waals surface area contributed by atoms with Gasteiger partial charge in [-0.25, -0.2) is 54.4 Å². The molecule has 2 aromatic carbocycles. The molecule has 4 saturated heterocycles. The van der Waals surface area contributed by atoms with Crippen LogP contribution in [0, 0.1) is 11.8 Å². The molecule has 54 heteroatoms. The van der Waals surface area contributed by atoms with Crippen molar-refractivity contribution in [2.45, 2.75) is 167 Å². The zero-order chi connectivity index (χ0) is 108. The van der Waals surface area contributed by atoms with Gasteiger partial charge in [0.2, 0.25) is 0 Å². The largest absolute Gasteiger partial charge is 0.382 e. The van der Waals surface area contributed by atoms with E-state index < -0.39 is 35.2 Å². The lowest BCUT2D eigenvalue weighted by Gasteiger charge is -2.39. The maximum Gasteiger partial charge on any atom is 0.326 e. The summed E-state index contributed by atoms with van der Waals surface area (Å²) >= 11 is 23.5. The monoisotopic (exact) mass is 2130 g/mol. The number of rotatable bonds is 19.